The molecule has 1 aromatic rings. The molecule has 0 saturated heterocycles. The zero-order chi connectivity index (χ0) is 13.0. The van der Waals surface area contributed by atoms with E-state index < -0.39 is 0 Å². The Hall–Kier alpha value is -1.51. The minimum absolute atomic E-state index is 0.473. The van der Waals surface area contributed by atoms with Crippen LogP contribution in [0.15, 0.2) is 23.2 Å². The van der Waals surface area contributed by atoms with E-state index >= 15 is 0 Å². The number of nitrogens with two attached hydrogens (primary N) is 1. The van der Waals surface area contributed by atoms with E-state index in [1.165, 1.54) is 32.1 Å². The Labute approximate surface area is 109 Å². The molecular formula is C15H22N2O. The van der Waals surface area contributed by atoms with Gasteiger partial charge in [0.1, 0.15) is 11.6 Å². The van der Waals surface area contributed by atoms with Crippen LogP contribution in [0, 0.1) is 12.8 Å². The van der Waals surface area contributed by atoms with Gasteiger partial charge in [0.2, 0.25) is 0 Å². The first-order valence-electron chi connectivity index (χ1n) is 6.69. The van der Waals surface area contributed by atoms with Crippen LogP contribution in [0.1, 0.15) is 37.7 Å². The third-order valence-electron chi connectivity index (χ3n) is 3.66. The van der Waals surface area contributed by atoms with E-state index in [1.807, 2.05) is 25.1 Å². The third kappa shape index (κ3) is 3.03. The SMILES string of the molecule is COc1ccc(N=C(N)C2CCCCC2)cc1C. The molecule has 0 radical (unpaired) electrons. The Balaban J connectivity index is 2.13. The summed E-state index contributed by atoms with van der Waals surface area (Å²) in [5, 5.41) is 0. The molecule has 1 aromatic carbocycles. The molecule has 1 saturated carbocycles. The van der Waals surface area contributed by atoms with Crippen LogP contribution in [0.2, 0.25) is 0 Å². The molecule has 1 aliphatic rings. The topological polar surface area (TPSA) is 47.6 Å². The maximum absolute atomic E-state index is 6.12. The number of hydrogen-bond acceptors (Lipinski definition) is 2. The number of rotatable bonds is 3. The van der Waals surface area contributed by atoms with Gasteiger partial charge in [-0.25, -0.2) is 4.99 Å². The van der Waals surface area contributed by atoms with E-state index in [0.717, 1.165) is 22.8 Å². The van der Waals surface area contributed by atoms with Gasteiger partial charge in [0, 0.05) is 5.92 Å². The Morgan fingerprint density at radius 2 is 2.00 bits per heavy atom. The van der Waals surface area contributed by atoms with Gasteiger partial charge in [-0.15, -0.1) is 0 Å². The second-order valence-corrected chi connectivity index (χ2v) is 5.03. The normalized spacial score (nSPS) is 17.8. The zero-order valence-electron chi connectivity index (χ0n) is 11.3. The van der Waals surface area contributed by atoms with Crippen molar-refractivity contribution >= 4 is 11.5 Å². The van der Waals surface area contributed by atoms with Gasteiger partial charge < -0.3 is 10.5 Å². The number of amidine groups is 1. The molecule has 0 aromatic heterocycles. The molecule has 0 amide bonds. The van der Waals surface area contributed by atoms with E-state index in [9.17, 15) is 0 Å². The van der Waals surface area contributed by atoms with E-state index in [1.54, 1.807) is 7.11 Å². The monoisotopic (exact) mass is 246 g/mol. The third-order valence-corrected chi connectivity index (χ3v) is 3.66. The van der Waals surface area contributed by atoms with Crippen LogP contribution in [0.4, 0.5) is 5.69 Å². The lowest BCUT2D eigenvalue weighted by atomic mass is 9.88. The highest BCUT2D eigenvalue weighted by molar-refractivity contribution is 5.85. The quantitative estimate of drug-likeness (QED) is 0.654. The molecule has 3 heteroatoms. The van der Waals surface area contributed by atoms with Crippen molar-refractivity contribution in [3.8, 4) is 5.75 Å². The van der Waals surface area contributed by atoms with Crippen molar-refractivity contribution in [3.05, 3.63) is 23.8 Å². The summed E-state index contributed by atoms with van der Waals surface area (Å²) >= 11 is 0. The Kier molecular flexibility index (Phi) is 4.24. The van der Waals surface area contributed by atoms with Crippen molar-refractivity contribution in [3.63, 3.8) is 0 Å². The first-order valence-corrected chi connectivity index (χ1v) is 6.69. The minimum atomic E-state index is 0.473. The first kappa shape index (κ1) is 12.9. The van der Waals surface area contributed by atoms with Gasteiger partial charge in [-0.1, -0.05) is 19.3 Å². The van der Waals surface area contributed by atoms with Gasteiger partial charge in [0.25, 0.3) is 0 Å². The van der Waals surface area contributed by atoms with Gasteiger partial charge in [0.15, 0.2) is 0 Å². The fourth-order valence-electron chi connectivity index (χ4n) is 2.57. The maximum Gasteiger partial charge on any atom is 0.121 e. The number of nitrogens with zero attached hydrogens (tertiary/aromatic N) is 1. The number of hydrogen-bond donors (Lipinski definition) is 1. The van der Waals surface area contributed by atoms with Gasteiger partial charge >= 0.3 is 0 Å². The molecule has 0 unspecified atom stereocenters. The molecule has 18 heavy (non-hydrogen) atoms. The van der Waals surface area contributed by atoms with Crippen molar-refractivity contribution in [2.45, 2.75) is 39.0 Å². The van der Waals surface area contributed by atoms with Gasteiger partial charge in [-0.05, 0) is 43.5 Å². The standard InChI is InChI=1S/C15H22N2O/c1-11-10-13(8-9-14(11)18-2)17-15(16)12-6-4-3-5-7-12/h8-10,12H,3-7H2,1-2H3,(H2,16,17). The summed E-state index contributed by atoms with van der Waals surface area (Å²) in [4.78, 5) is 4.56. The predicted octanol–water partition coefficient (Wildman–Crippen LogP) is 3.57. The second-order valence-electron chi connectivity index (χ2n) is 5.03. The first-order chi connectivity index (χ1) is 8.70. The second kappa shape index (κ2) is 5.89. The van der Waals surface area contributed by atoms with Crippen molar-refractivity contribution in [1.82, 2.24) is 0 Å². The van der Waals surface area contributed by atoms with Gasteiger partial charge in [-0.2, -0.15) is 0 Å². The van der Waals surface area contributed by atoms with Crippen LogP contribution in [0.25, 0.3) is 0 Å². The number of benzene rings is 1. The predicted molar refractivity (Wildman–Crippen MR) is 75.6 cm³/mol. The van der Waals surface area contributed by atoms with Crippen LogP contribution in [0.3, 0.4) is 0 Å². The fraction of sp³-hybridized carbons (Fsp3) is 0.533. The summed E-state index contributed by atoms with van der Waals surface area (Å²) in [5.41, 5.74) is 8.14. The molecule has 0 aliphatic heterocycles. The molecular weight excluding hydrogens is 224 g/mol. The van der Waals surface area contributed by atoms with Crippen LogP contribution in [-0.2, 0) is 0 Å². The van der Waals surface area contributed by atoms with Crippen LogP contribution >= 0.6 is 0 Å². The molecule has 2 N–H and O–H groups in total. The fourth-order valence-corrected chi connectivity index (χ4v) is 2.57. The summed E-state index contributed by atoms with van der Waals surface area (Å²) in [5.74, 6) is 2.16. The van der Waals surface area contributed by atoms with E-state index in [4.69, 9.17) is 10.5 Å². The zero-order valence-corrected chi connectivity index (χ0v) is 11.3. The van der Waals surface area contributed by atoms with Crippen molar-refractivity contribution in [2.24, 2.45) is 16.6 Å². The average molecular weight is 246 g/mol. The Morgan fingerprint density at radius 1 is 1.28 bits per heavy atom. The highest BCUT2D eigenvalue weighted by Gasteiger charge is 2.16. The van der Waals surface area contributed by atoms with E-state index in [2.05, 4.69) is 4.99 Å². The Morgan fingerprint density at radius 3 is 2.61 bits per heavy atom. The average Bonchev–Trinajstić information content (AvgIpc) is 2.40. The van der Waals surface area contributed by atoms with Crippen molar-refractivity contribution in [1.29, 1.82) is 0 Å². The lowest BCUT2D eigenvalue weighted by molar-refractivity contribution is 0.412. The molecule has 0 bridgehead atoms. The van der Waals surface area contributed by atoms with E-state index in [0.29, 0.717) is 5.92 Å². The van der Waals surface area contributed by atoms with Crippen molar-refractivity contribution < 1.29 is 4.74 Å². The van der Waals surface area contributed by atoms with Gasteiger partial charge in [-0.3, -0.25) is 0 Å². The molecule has 98 valence electrons. The highest BCUT2D eigenvalue weighted by Crippen LogP contribution is 2.27. The van der Waals surface area contributed by atoms with Crippen molar-refractivity contribution in [2.75, 3.05) is 7.11 Å². The summed E-state index contributed by atoms with van der Waals surface area (Å²) in [6.45, 7) is 2.02. The summed E-state index contributed by atoms with van der Waals surface area (Å²) in [7, 11) is 1.68. The Bertz CT molecular complexity index is 434. The largest absolute Gasteiger partial charge is 0.496 e. The summed E-state index contributed by atoms with van der Waals surface area (Å²) in [6, 6.07) is 5.93. The maximum atomic E-state index is 6.12. The molecule has 2 rings (SSSR count). The lowest BCUT2D eigenvalue weighted by Crippen LogP contribution is -2.25. The lowest BCUT2D eigenvalue weighted by Gasteiger charge is -2.20. The summed E-state index contributed by atoms with van der Waals surface area (Å²) < 4.78 is 5.24. The minimum Gasteiger partial charge on any atom is -0.496 e. The number of aliphatic imine (C=N–C) groups is 1. The smallest absolute Gasteiger partial charge is 0.121 e. The molecule has 1 fully saturated rings. The molecule has 1 aliphatic carbocycles. The molecule has 0 spiro atoms. The van der Waals surface area contributed by atoms with E-state index in [-0.39, 0.29) is 0 Å². The van der Waals surface area contributed by atoms with Crippen LogP contribution < -0.4 is 10.5 Å². The summed E-state index contributed by atoms with van der Waals surface area (Å²) in [6.07, 6.45) is 6.27. The van der Waals surface area contributed by atoms with Crippen LogP contribution in [-0.4, -0.2) is 12.9 Å². The van der Waals surface area contributed by atoms with Gasteiger partial charge in [0.05, 0.1) is 12.8 Å². The highest BCUT2D eigenvalue weighted by atomic mass is 16.5. The molecule has 3 nitrogen and oxygen atoms in total. The number of aryl methyl sites for hydroxylation is 1. The van der Waals surface area contributed by atoms with Crippen LogP contribution in [0.5, 0.6) is 5.75 Å². The molecule has 0 atom stereocenters. The number of methoxy groups -OCH3 is 1. The molecule has 0 heterocycles. The number of ether oxygens (including phenoxy) is 1.